The monoisotopic (exact) mass is 273 g/mol. The van der Waals surface area contributed by atoms with Gasteiger partial charge in [-0.1, -0.05) is 39.0 Å². The smallest absolute Gasteiger partial charge is 0.0718 e. The number of benzene rings is 1. The molecule has 0 aliphatic heterocycles. The van der Waals surface area contributed by atoms with Gasteiger partial charge in [-0.15, -0.1) is 0 Å². The van der Waals surface area contributed by atoms with Gasteiger partial charge in [0.1, 0.15) is 0 Å². The second kappa shape index (κ2) is 5.96. The van der Waals surface area contributed by atoms with Crippen molar-refractivity contribution < 1.29 is 0 Å². The molecule has 2 aromatic rings. The molecule has 0 saturated carbocycles. The van der Waals surface area contributed by atoms with Crippen LogP contribution in [0.25, 0.3) is 10.9 Å². The van der Waals surface area contributed by atoms with Crippen LogP contribution < -0.4 is 5.32 Å². The molecule has 1 unspecified atom stereocenters. The molecule has 20 heavy (non-hydrogen) atoms. The van der Waals surface area contributed by atoms with Crippen molar-refractivity contribution in [2.45, 2.75) is 53.1 Å². The Balaban J connectivity index is 2.28. The summed E-state index contributed by atoms with van der Waals surface area (Å²) in [5.74, 6) is 0. The minimum absolute atomic E-state index is 0.330. The molecule has 0 aliphatic rings. The van der Waals surface area contributed by atoms with Crippen molar-refractivity contribution >= 4 is 10.9 Å². The molecule has 1 N–H and O–H groups in total. The van der Waals surface area contributed by atoms with Crippen LogP contribution in [0.5, 0.6) is 0 Å². The summed E-state index contributed by atoms with van der Waals surface area (Å²) in [6.07, 6.45) is 2.14. The lowest BCUT2D eigenvalue weighted by molar-refractivity contribution is 0.314. The van der Waals surface area contributed by atoms with Crippen LogP contribution in [0.4, 0.5) is 0 Å². The van der Waals surface area contributed by atoms with E-state index in [4.69, 9.17) is 5.10 Å². The molecule has 3 nitrogen and oxygen atoms in total. The summed E-state index contributed by atoms with van der Waals surface area (Å²) in [4.78, 5) is 0. The molecule has 110 valence electrons. The number of aromatic nitrogens is 2. The molecule has 0 bridgehead atoms. The van der Waals surface area contributed by atoms with E-state index in [0.717, 1.165) is 19.4 Å². The Morgan fingerprint density at radius 1 is 1.25 bits per heavy atom. The fourth-order valence-electron chi connectivity index (χ4n) is 2.84. The summed E-state index contributed by atoms with van der Waals surface area (Å²) in [7, 11) is 2.05. The average Bonchev–Trinajstić information content (AvgIpc) is 2.75. The largest absolute Gasteiger partial charge is 0.317 e. The van der Waals surface area contributed by atoms with Crippen LogP contribution in [-0.2, 0) is 13.0 Å². The second-order valence-corrected chi connectivity index (χ2v) is 6.73. The lowest BCUT2D eigenvalue weighted by atomic mass is 9.86. The van der Waals surface area contributed by atoms with Crippen LogP contribution in [0.3, 0.4) is 0 Å². The van der Waals surface area contributed by atoms with Crippen LogP contribution in [0, 0.1) is 5.41 Å². The van der Waals surface area contributed by atoms with E-state index in [1.165, 1.54) is 16.6 Å². The number of likely N-dealkylation sites (N-methyl/N-ethyl adjacent to an activating group) is 1. The fraction of sp³-hybridized carbons (Fsp3) is 0.588. The average molecular weight is 273 g/mol. The molecule has 0 saturated heterocycles. The standard InChI is InChI=1S/C17H27N3/c1-6-20-16-10-8-7-9-14(16)15(19-20)11-13(18-5)12-17(2,3)4/h7-10,13,18H,6,11-12H2,1-5H3. The Labute approximate surface area is 122 Å². The Hall–Kier alpha value is -1.35. The van der Waals surface area contributed by atoms with Crippen molar-refractivity contribution in [3.8, 4) is 0 Å². The van der Waals surface area contributed by atoms with E-state index in [-0.39, 0.29) is 0 Å². The number of fused-ring (bicyclic) bond motifs is 1. The van der Waals surface area contributed by atoms with Crippen LogP contribution in [0.1, 0.15) is 39.8 Å². The van der Waals surface area contributed by atoms with Crippen molar-refractivity contribution in [2.75, 3.05) is 7.05 Å². The molecule has 1 heterocycles. The van der Waals surface area contributed by atoms with Gasteiger partial charge in [0, 0.05) is 24.4 Å². The summed E-state index contributed by atoms with van der Waals surface area (Å²) in [5.41, 5.74) is 2.79. The van der Waals surface area contributed by atoms with Gasteiger partial charge in [0.2, 0.25) is 0 Å². The Morgan fingerprint density at radius 2 is 1.95 bits per heavy atom. The molecule has 2 rings (SSSR count). The zero-order valence-corrected chi connectivity index (χ0v) is 13.4. The first-order valence-corrected chi connectivity index (χ1v) is 7.56. The van der Waals surface area contributed by atoms with Crippen LogP contribution in [0.2, 0.25) is 0 Å². The third-order valence-electron chi connectivity index (χ3n) is 3.74. The SMILES string of the molecule is CCn1nc(CC(CC(C)(C)C)NC)c2ccccc21. The lowest BCUT2D eigenvalue weighted by Gasteiger charge is -2.25. The lowest BCUT2D eigenvalue weighted by Crippen LogP contribution is -2.32. The third kappa shape index (κ3) is 3.40. The Bertz CT molecular complexity index is 563. The number of para-hydroxylation sites is 1. The van der Waals surface area contributed by atoms with Gasteiger partial charge in [0.05, 0.1) is 11.2 Å². The molecular weight excluding hydrogens is 246 g/mol. The molecule has 1 atom stereocenters. The number of rotatable bonds is 5. The van der Waals surface area contributed by atoms with E-state index < -0.39 is 0 Å². The van der Waals surface area contributed by atoms with E-state index >= 15 is 0 Å². The van der Waals surface area contributed by atoms with E-state index in [2.05, 4.69) is 69.0 Å². The van der Waals surface area contributed by atoms with Gasteiger partial charge in [0.25, 0.3) is 0 Å². The molecule has 3 heteroatoms. The first kappa shape index (κ1) is 15.0. The predicted molar refractivity (Wildman–Crippen MR) is 86.0 cm³/mol. The van der Waals surface area contributed by atoms with Gasteiger partial charge in [-0.2, -0.15) is 5.10 Å². The summed E-state index contributed by atoms with van der Waals surface area (Å²) < 4.78 is 2.11. The van der Waals surface area contributed by atoms with Crippen molar-refractivity contribution in [2.24, 2.45) is 5.41 Å². The van der Waals surface area contributed by atoms with Crippen molar-refractivity contribution in [3.05, 3.63) is 30.0 Å². The minimum atomic E-state index is 0.330. The molecule has 1 aromatic heterocycles. The topological polar surface area (TPSA) is 29.9 Å². The highest BCUT2D eigenvalue weighted by Gasteiger charge is 2.20. The van der Waals surface area contributed by atoms with Crippen LogP contribution in [-0.4, -0.2) is 22.9 Å². The van der Waals surface area contributed by atoms with Crippen molar-refractivity contribution in [1.82, 2.24) is 15.1 Å². The normalized spacial score (nSPS) is 13.8. The van der Waals surface area contributed by atoms with Gasteiger partial charge >= 0.3 is 0 Å². The molecule has 0 aliphatic carbocycles. The molecule has 0 radical (unpaired) electrons. The Kier molecular flexibility index (Phi) is 4.48. The first-order chi connectivity index (χ1) is 9.44. The second-order valence-electron chi connectivity index (χ2n) is 6.73. The quantitative estimate of drug-likeness (QED) is 0.901. The van der Waals surface area contributed by atoms with E-state index in [9.17, 15) is 0 Å². The fourth-order valence-corrected chi connectivity index (χ4v) is 2.84. The van der Waals surface area contributed by atoms with Gasteiger partial charge in [-0.05, 0) is 31.9 Å². The van der Waals surface area contributed by atoms with E-state index in [1.807, 2.05) is 0 Å². The maximum Gasteiger partial charge on any atom is 0.0718 e. The predicted octanol–water partition coefficient (Wildman–Crippen LogP) is 3.62. The zero-order valence-electron chi connectivity index (χ0n) is 13.4. The van der Waals surface area contributed by atoms with E-state index in [0.29, 0.717) is 11.5 Å². The summed E-state index contributed by atoms with van der Waals surface area (Å²) in [6, 6.07) is 9.01. The maximum atomic E-state index is 4.80. The number of aryl methyl sites for hydroxylation is 1. The Morgan fingerprint density at radius 3 is 2.55 bits per heavy atom. The van der Waals surface area contributed by atoms with Gasteiger partial charge in [-0.3, -0.25) is 4.68 Å². The maximum absolute atomic E-state index is 4.80. The number of hydrogen-bond donors (Lipinski definition) is 1. The molecule has 0 fully saturated rings. The summed E-state index contributed by atoms with van der Waals surface area (Å²) in [5, 5.41) is 9.55. The number of nitrogens with one attached hydrogen (secondary N) is 1. The highest BCUT2D eigenvalue weighted by atomic mass is 15.3. The molecular formula is C17H27N3. The van der Waals surface area contributed by atoms with Crippen molar-refractivity contribution in [3.63, 3.8) is 0 Å². The van der Waals surface area contributed by atoms with Crippen LogP contribution in [0.15, 0.2) is 24.3 Å². The number of nitrogens with zero attached hydrogens (tertiary/aromatic N) is 2. The number of hydrogen-bond acceptors (Lipinski definition) is 2. The minimum Gasteiger partial charge on any atom is -0.317 e. The highest BCUT2D eigenvalue weighted by Crippen LogP contribution is 2.25. The van der Waals surface area contributed by atoms with Crippen molar-refractivity contribution in [1.29, 1.82) is 0 Å². The third-order valence-corrected chi connectivity index (χ3v) is 3.74. The van der Waals surface area contributed by atoms with Gasteiger partial charge < -0.3 is 5.32 Å². The van der Waals surface area contributed by atoms with E-state index in [1.54, 1.807) is 0 Å². The summed E-state index contributed by atoms with van der Waals surface area (Å²) >= 11 is 0. The van der Waals surface area contributed by atoms with Gasteiger partial charge in [-0.25, -0.2) is 0 Å². The zero-order chi connectivity index (χ0) is 14.8. The molecule has 1 aromatic carbocycles. The summed E-state index contributed by atoms with van der Waals surface area (Å²) in [6.45, 7) is 9.94. The highest BCUT2D eigenvalue weighted by molar-refractivity contribution is 5.82. The first-order valence-electron chi connectivity index (χ1n) is 7.56. The molecule has 0 spiro atoms. The molecule has 0 amide bonds. The van der Waals surface area contributed by atoms with Crippen LogP contribution >= 0.6 is 0 Å². The van der Waals surface area contributed by atoms with Gasteiger partial charge in [0.15, 0.2) is 0 Å².